The van der Waals surface area contributed by atoms with Crippen molar-refractivity contribution in [2.45, 2.75) is 30.0 Å². The number of nitrogens with zero attached hydrogens (tertiary/aromatic N) is 1. The lowest BCUT2D eigenvalue weighted by molar-refractivity contribution is -0.137. The third-order valence-electron chi connectivity index (χ3n) is 4.08. The van der Waals surface area contributed by atoms with E-state index in [9.17, 15) is 13.2 Å². The zero-order valence-corrected chi connectivity index (χ0v) is 16.9. The zero-order chi connectivity index (χ0) is 19.7. The number of hydrogen-bond donors (Lipinski definition) is 2. The van der Waals surface area contributed by atoms with E-state index in [2.05, 4.69) is 31.1 Å². The van der Waals surface area contributed by atoms with E-state index in [1.54, 1.807) is 6.07 Å². The van der Waals surface area contributed by atoms with E-state index < -0.39 is 17.3 Å². The molecule has 0 amide bonds. The summed E-state index contributed by atoms with van der Waals surface area (Å²) < 4.78 is 42.7. The summed E-state index contributed by atoms with van der Waals surface area (Å²) in [6.07, 6.45) is -3.87. The molecule has 0 aromatic heterocycles. The van der Waals surface area contributed by atoms with Crippen molar-refractivity contribution in [1.82, 2.24) is 4.72 Å². The Labute approximate surface area is 167 Å². The van der Waals surface area contributed by atoms with Crippen molar-refractivity contribution in [3.8, 4) is 0 Å². The number of hydrogen-bond acceptors (Lipinski definition) is 5. The number of nitrogens with one attached hydrogen (secondary N) is 2. The Kier molecular flexibility index (Phi) is 5.73. The van der Waals surface area contributed by atoms with Gasteiger partial charge in [-0.3, -0.25) is 4.72 Å². The summed E-state index contributed by atoms with van der Waals surface area (Å²) in [5.74, 6) is 0. The summed E-state index contributed by atoms with van der Waals surface area (Å²) in [6, 6.07) is 10.8. The normalized spacial score (nSPS) is 19.6. The Morgan fingerprint density at radius 1 is 1.22 bits per heavy atom. The van der Waals surface area contributed by atoms with Crippen molar-refractivity contribution >= 4 is 43.9 Å². The number of benzene rings is 2. The molecule has 0 fully saturated rings. The molecule has 144 valence electrons. The molecule has 0 aliphatic carbocycles. The van der Waals surface area contributed by atoms with Crippen LogP contribution in [0.25, 0.3) is 0 Å². The Bertz CT molecular complexity index is 875. The van der Waals surface area contributed by atoms with Gasteiger partial charge in [-0.2, -0.15) is 13.2 Å². The maximum Gasteiger partial charge on any atom is 0.416 e. The molecule has 1 aliphatic heterocycles. The van der Waals surface area contributed by atoms with Crippen LogP contribution in [0.15, 0.2) is 52.5 Å². The quantitative estimate of drug-likeness (QED) is 0.536. The highest BCUT2D eigenvalue weighted by atomic mass is 79.9. The SMILES string of the molecule is CNSc1ccc(Nc2cccc(C(F)(F)F)c2)c(C2(C)CC(Br)=NO2)c1. The molecule has 2 aromatic rings. The molecule has 0 spiro atoms. The van der Waals surface area contributed by atoms with Gasteiger partial charge in [-0.1, -0.05) is 11.2 Å². The number of anilines is 2. The minimum atomic E-state index is -4.40. The predicted molar refractivity (Wildman–Crippen MR) is 106 cm³/mol. The second kappa shape index (κ2) is 7.73. The molecule has 1 unspecified atom stereocenters. The lowest BCUT2D eigenvalue weighted by Gasteiger charge is -2.26. The lowest BCUT2D eigenvalue weighted by Crippen LogP contribution is -2.22. The van der Waals surface area contributed by atoms with Crippen LogP contribution in [0, 0.1) is 0 Å². The standard InChI is InChI=1S/C18H17BrF3N3OS/c1-17(10-16(19)25-26-17)14-9-13(27-23-2)6-7-15(14)24-12-5-3-4-11(8-12)18(20,21)22/h3-9,23-24H,10H2,1-2H3. The molecule has 1 atom stereocenters. The van der Waals surface area contributed by atoms with Gasteiger partial charge in [0, 0.05) is 28.3 Å². The van der Waals surface area contributed by atoms with Gasteiger partial charge in [-0.15, -0.1) is 0 Å². The lowest BCUT2D eigenvalue weighted by atomic mass is 9.91. The van der Waals surface area contributed by atoms with Gasteiger partial charge in [0.25, 0.3) is 0 Å². The molecule has 27 heavy (non-hydrogen) atoms. The Hall–Kier alpha value is -1.71. The van der Waals surface area contributed by atoms with Crippen LogP contribution in [0.2, 0.25) is 0 Å². The first kappa shape index (κ1) is 20.0. The summed E-state index contributed by atoms with van der Waals surface area (Å²) in [5.41, 5.74) is 0.383. The molecule has 9 heteroatoms. The largest absolute Gasteiger partial charge is 0.416 e. The van der Waals surface area contributed by atoms with E-state index in [1.165, 1.54) is 18.0 Å². The second-order valence-electron chi connectivity index (χ2n) is 6.18. The van der Waals surface area contributed by atoms with Gasteiger partial charge in [0.1, 0.15) is 4.62 Å². The first-order valence-corrected chi connectivity index (χ1v) is 9.65. The van der Waals surface area contributed by atoms with Crippen LogP contribution >= 0.6 is 27.9 Å². The average molecular weight is 460 g/mol. The van der Waals surface area contributed by atoms with Crippen LogP contribution in [0.1, 0.15) is 24.5 Å². The first-order chi connectivity index (χ1) is 12.7. The fraction of sp³-hybridized carbons (Fsp3) is 0.278. The molecule has 3 rings (SSSR count). The molecule has 2 aromatic carbocycles. The van der Waals surface area contributed by atoms with E-state index in [-0.39, 0.29) is 0 Å². The van der Waals surface area contributed by atoms with Crippen LogP contribution in [-0.4, -0.2) is 11.7 Å². The Balaban J connectivity index is 1.98. The Morgan fingerprint density at radius 2 is 2.00 bits per heavy atom. The smallest absolute Gasteiger partial charge is 0.383 e. The van der Waals surface area contributed by atoms with Crippen LogP contribution in [0.3, 0.4) is 0 Å². The van der Waals surface area contributed by atoms with Crippen molar-refractivity contribution in [2.24, 2.45) is 5.16 Å². The summed E-state index contributed by atoms with van der Waals surface area (Å²) in [6.45, 7) is 1.89. The summed E-state index contributed by atoms with van der Waals surface area (Å²) in [4.78, 5) is 6.57. The number of rotatable bonds is 5. The highest BCUT2D eigenvalue weighted by Crippen LogP contribution is 2.42. The van der Waals surface area contributed by atoms with Crippen molar-refractivity contribution in [1.29, 1.82) is 0 Å². The maximum atomic E-state index is 13.0. The van der Waals surface area contributed by atoms with Crippen LogP contribution in [0.4, 0.5) is 24.5 Å². The molecule has 1 heterocycles. The van der Waals surface area contributed by atoms with Gasteiger partial charge in [-0.25, -0.2) is 0 Å². The van der Waals surface area contributed by atoms with Gasteiger partial charge in [0.05, 0.1) is 5.56 Å². The topological polar surface area (TPSA) is 45.7 Å². The highest BCUT2D eigenvalue weighted by molar-refractivity contribution is 9.18. The molecule has 0 radical (unpaired) electrons. The maximum absolute atomic E-state index is 13.0. The fourth-order valence-electron chi connectivity index (χ4n) is 2.82. The van der Waals surface area contributed by atoms with E-state index >= 15 is 0 Å². The second-order valence-corrected chi connectivity index (χ2v) is 8.18. The first-order valence-electron chi connectivity index (χ1n) is 8.04. The number of oxime groups is 1. The van der Waals surface area contributed by atoms with Gasteiger partial charge in [-0.05, 0) is 78.2 Å². The van der Waals surface area contributed by atoms with Gasteiger partial charge < -0.3 is 10.2 Å². The summed E-state index contributed by atoms with van der Waals surface area (Å²) >= 11 is 4.78. The minimum Gasteiger partial charge on any atom is -0.383 e. The van der Waals surface area contributed by atoms with Crippen molar-refractivity contribution in [2.75, 3.05) is 12.4 Å². The highest BCUT2D eigenvalue weighted by Gasteiger charge is 2.38. The van der Waals surface area contributed by atoms with Crippen molar-refractivity contribution < 1.29 is 18.0 Å². The molecular formula is C18H17BrF3N3OS. The third-order valence-corrected chi connectivity index (χ3v) is 5.20. The van der Waals surface area contributed by atoms with Crippen LogP contribution in [0.5, 0.6) is 0 Å². The molecule has 0 saturated heterocycles. The minimum absolute atomic E-state index is 0.349. The monoisotopic (exact) mass is 459 g/mol. The van der Waals surface area contributed by atoms with E-state index in [1.807, 2.05) is 32.2 Å². The third kappa shape index (κ3) is 4.59. The predicted octanol–water partition coefficient (Wildman–Crippen LogP) is 6.02. The van der Waals surface area contributed by atoms with E-state index in [4.69, 9.17) is 4.84 Å². The van der Waals surface area contributed by atoms with Gasteiger partial charge in [0.2, 0.25) is 0 Å². The van der Waals surface area contributed by atoms with Crippen LogP contribution in [-0.2, 0) is 16.6 Å². The number of halogens is 4. The summed E-state index contributed by atoms with van der Waals surface area (Å²) in [5, 5.41) is 7.07. The molecule has 0 saturated carbocycles. The number of alkyl halides is 3. The van der Waals surface area contributed by atoms with Crippen molar-refractivity contribution in [3.63, 3.8) is 0 Å². The Morgan fingerprint density at radius 3 is 2.63 bits per heavy atom. The molecule has 4 nitrogen and oxygen atoms in total. The van der Waals surface area contributed by atoms with E-state index in [0.29, 0.717) is 22.4 Å². The summed E-state index contributed by atoms with van der Waals surface area (Å²) in [7, 11) is 1.81. The average Bonchev–Trinajstić information content (AvgIpc) is 2.96. The zero-order valence-electron chi connectivity index (χ0n) is 14.5. The fourth-order valence-corrected chi connectivity index (χ4v) is 3.97. The van der Waals surface area contributed by atoms with Gasteiger partial charge in [0.15, 0.2) is 5.60 Å². The molecule has 0 bridgehead atoms. The van der Waals surface area contributed by atoms with E-state index in [0.717, 1.165) is 22.6 Å². The van der Waals surface area contributed by atoms with Gasteiger partial charge >= 0.3 is 6.18 Å². The molecule has 2 N–H and O–H groups in total. The molecular weight excluding hydrogens is 443 g/mol. The molecule has 1 aliphatic rings. The van der Waals surface area contributed by atoms with Crippen molar-refractivity contribution in [3.05, 3.63) is 53.6 Å². The van der Waals surface area contributed by atoms with Crippen LogP contribution < -0.4 is 10.0 Å².